The molecular weight excluding hydrogens is 228 g/mol. The van der Waals surface area contributed by atoms with Crippen molar-refractivity contribution in [2.75, 3.05) is 13.7 Å². The van der Waals surface area contributed by atoms with E-state index in [0.29, 0.717) is 17.6 Å². The van der Waals surface area contributed by atoms with Crippen molar-refractivity contribution < 1.29 is 29.3 Å². The second-order valence-corrected chi connectivity index (χ2v) is 2.75. The first-order valence-electron chi connectivity index (χ1n) is 4.73. The number of phenolic OH excluding ortho intramolecular Hbond substituents is 1. The van der Waals surface area contributed by atoms with Crippen molar-refractivity contribution >= 4 is 12.4 Å². The highest BCUT2D eigenvalue weighted by atomic mass is 16.7. The Morgan fingerprint density at radius 1 is 1.47 bits per heavy atom. The average molecular weight is 242 g/mol. The molecular formula is C11H14O6. The molecule has 0 amide bonds. The van der Waals surface area contributed by atoms with E-state index in [1.54, 1.807) is 6.92 Å². The van der Waals surface area contributed by atoms with Gasteiger partial charge in [0, 0.05) is 5.56 Å². The van der Waals surface area contributed by atoms with Gasteiger partial charge in [-0.15, -0.1) is 0 Å². The number of hydrogen-bond donors (Lipinski definition) is 2. The summed E-state index contributed by atoms with van der Waals surface area (Å²) in [4.78, 5) is 19.6. The number of phenols is 1. The second kappa shape index (κ2) is 7.98. The van der Waals surface area contributed by atoms with E-state index < -0.39 is 6.16 Å². The molecule has 1 aromatic carbocycles. The Bertz CT molecular complexity index is 374. The van der Waals surface area contributed by atoms with Gasteiger partial charge < -0.3 is 19.7 Å². The Hall–Kier alpha value is -2.24. The average Bonchev–Trinajstić information content (AvgIpc) is 2.30. The zero-order valence-corrected chi connectivity index (χ0v) is 9.54. The van der Waals surface area contributed by atoms with Gasteiger partial charge in [0.25, 0.3) is 0 Å². The maximum atomic E-state index is 10.2. The summed E-state index contributed by atoms with van der Waals surface area (Å²) >= 11 is 0. The van der Waals surface area contributed by atoms with E-state index in [9.17, 15) is 9.59 Å². The first-order valence-corrected chi connectivity index (χ1v) is 4.73. The van der Waals surface area contributed by atoms with Crippen molar-refractivity contribution in [3.05, 3.63) is 23.8 Å². The molecule has 0 aliphatic rings. The maximum Gasteiger partial charge on any atom is 0.505 e. The van der Waals surface area contributed by atoms with Crippen molar-refractivity contribution in [3.63, 3.8) is 0 Å². The molecule has 2 N–H and O–H groups in total. The van der Waals surface area contributed by atoms with E-state index >= 15 is 0 Å². The lowest BCUT2D eigenvalue weighted by atomic mass is 10.2. The highest BCUT2D eigenvalue weighted by Gasteiger charge is 2.00. The topological polar surface area (TPSA) is 93.1 Å². The number of benzene rings is 1. The molecule has 0 unspecified atom stereocenters. The number of rotatable bonds is 3. The Kier molecular flexibility index (Phi) is 6.92. The van der Waals surface area contributed by atoms with Crippen LogP contribution < -0.4 is 4.74 Å². The molecule has 0 heterocycles. The Labute approximate surface area is 98.4 Å². The van der Waals surface area contributed by atoms with Crippen molar-refractivity contribution in [2.24, 2.45) is 0 Å². The molecule has 0 atom stereocenters. The number of methoxy groups -OCH3 is 1. The normalized spacial score (nSPS) is 8.59. The van der Waals surface area contributed by atoms with Crippen molar-refractivity contribution in [2.45, 2.75) is 6.92 Å². The van der Waals surface area contributed by atoms with Crippen LogP contribution in [0, 0.1) is 0 Å². The van der Waals surface area contributed by atoms with Crippen molar-refractivity contribution in [3.8, 4) is 11.5 Å². The number of hydrogen-bond acceptors (Lipinski definition) is 5. The van der Waals surface area contributed by atoms with E-state index in [4.69, 9.17) is 14.9 Å². The van der Waals surface area contributed by atoms with Crippen LogP contribution in [0.3, 0.4) is 0 Å². The molecule has 1 aromatic rings. The van der Waals surface area contributed by atoms with E-state index in [2.05, 4.69) is 4.74 Å². The number of aromatic hydroxyl groups is 1. The SMILES string of the molecule is CCOC(=O)O.COc1cc(C=O)ccc1O. The molecule has 6 heteroatoms. The third-order valence-corrected chi connectivity index (χ3v) is 1.61. The smallest absolute Gasteiger partial charge is 0.504 e. The summed E-state index contributed by atoms with van der Waals surface area (Å²) in [5.41, 5.74) is 0.486. The number of carbonyl (C=O) groups is 2. The molecule has 0 radical (unpaired) electrons. The first kappa shape index (κ1) is 14.8. The third-order valence-electron chi connectivity index (χ3n) is 1.61. The fraction of sp³-hybridized carbons (Fsp3) is 0.273. The lowest BCUT2D eigenvalue weighted by Crippen LogP contribution is -1.97. The minimum atomic E-state index is -1.21. The molecule has 17 heavy (non-hydrogen) atoms. The Morgan fingerprint density at radius 3 is 2.47 bits per heavy atom. The van der Waals surface area contributed by atoms with E-state index in [0.717, 1.165) is 0 Å². The fourth-order valence-corrected chi connectivity index (χ4v) is 0.891. The maximum absolute atomic E-state index is 10.2. The Morgan fingerprint density at radius 2 is 2.12 bits per heavy atom. The van der Waals surface area contributed by atoms with Crippen LogP contribution in [0.2, 0.25) is 0 Å². The molecule has 0 aliphatic carbocycles. The molecule has 0 saturated carbocycles. The van der Waals surface area contributed by atoms with Gasteiger partial charge in [-0.1, -0.05) is 0 Å². The van der Waals surface area contributed by atoms with Gasteiger partial charge in [-0.25, -0.2) is 4.79 Å². The van der Waals surface area contributed by atoms with E-state index in [1.807, 2.05) is 0 Å². The number of aldehydes is 1. The van der Waals surface area contributed by atoms with Gasteiger partial charge in [-0.05, 0) is 25.1 Å². The third kappa shape index (κ3) is 6.03. The monoisotopic (exact) mass is 242 g/mol. The van der Waals surface area contributed by atoms with Gasteiger partial charge in [0.1, 0.15) is 6.29 Å². The summed E-state index contributed by atoms with van der Waals surface area (Å²) in [7, 11) is 1.43. The second-order valence-electron chi connectivity index (χ2n) is 2.75. The molecule has 0 aromatic heterocycles. The number of ether oxygens (including phenoxy) is 2. The molecule has 0 fully saturated rings. The van der Waals surface area contributed by atoms with Gasteiger partial charge >= 0.3 is 6.16 Å². The van der Waals surface area contributed by atoms with Crippen molar-refractivity contribution in [1.29, 1.82) is 0 Å². The van der Waals surface area contributed by atoms with Crippen LogP contribution in [0.25, 0.3) is 0 Å². The predicted molar refractivity (Wildman–Crippen MR) is 59.7 cm³/mol. The quantitative estimate of drug-likeness (QED) is 0.621. The zero-order valence-electron chi connectivity index (χ0n) is 9.54. The molecule has 0 spiro atoms. The van der Waals surface area contributed by atoms with Crippen LogP contribution in [0.4, 0.5) is 4.79 Å². The molecule has 1 rings (SSSR count). The summed E-state index contributed by atoms with van der Waals surface area (Å²) in [6.45, 7) is 1.85. The van der Waals surface area contributed by atoms with Crippen LogP contribution >= 0.6 is 0 Å². The fourth-order valence-electron chi connectivity index (χ4n) is 0.891. The van der Waals surface area contributed by atoms with E-state index in [1.165, 1.54) is 25.3 Å². The summed E-state index contributed by atoms with van der Waals surface area (Å²) in [6.07, 6.45) is -0.514. The van der Waals surface area contributed by atoms with Gasteiger partial charge in [-0.3, -0.25) is 4.79 Å². The highest BCUT2D eigenvalue weighted by Crippen LogP contribution is 2.25. The summed E-state index contributed by atoms with van der Waals surface area (Å²) < 4.78 is 8.74. The summed E-state index contributed by atoms with van der Waals surface area (Å²) in [6, 6.07) is 4.41. The van der Waals surface area contributed by atoms with Gasteiger partial charge in [0.2, 0.25) is 0 Å². The molecule has 6 nitrogen and oxygen atoms in total. The van der Waals surface area contributed by atoms with Crippen LogP contribution in [0.15, 0.2) is 18.2 Å². The van der Waals surface area contributed by atoms with Crippen LogP contribution in [-0.2, 0) is 4.74 Å². The highest BCUT2D eigenvalue weighted by molar-refractivity contribution is 5.76. The van der Waals surface area contributed by atoms with Crippen molar-refractivity contribution in [1.82, 2.24) is 0 Å². The minimum absolute atomic E-state index is 0.0399. The molecule has 0 bridgehead atoms. The van der Waals surface area contributed by atoms with Crippen LogP contribution in [0.1, 0.15) is 17.3 Å². The summed E-state index contributed by atoms with van der Waals surface area (Å²) in [5.74, 6) is 0.354. The lowest BCUT2D eigenvalue weighted by molar-refractivity contribution is 0.0965. The van der Waals surface area contributed by atoms with Gasteiger partial charge in [0.15, 0.2) is 11.5 Å². The first-order chi connectivity index (χ1) is 8.04. The zero-order chi connectivity index (χ0) is 13.3. The molecule has 0 aliphatic heterocycles. The summed E-state index contributed by atoms with van der Waals surface area (Å²) in [5, 5.41) is 16.8. The molecule has 94 valence electrons. The minimum Gasteiger partial charge on any atom is -0.504 e. The lowest BCUT2D eigenvalue weighted by Gasteiger charge is -2.01. The van der Waals surface area contributed by atoms with Crippen LogP contribution in [0.5, 0.6) is 11.5 Å². The van der Waals surface area contributed by atoms with Crippen LogP contribution in [-0.4, -0.2) is 36.4 Å². The standard InChI is InChI=1S/C8H8O3.C3H6O3/c1-11-8-4-6(5-9)2-3-7(8)10;1-2-6-3(4)5/h2-5,10H,1H3;2H2,1H3,(H,4,5). The van der Waals surface area contributed by atoms with E-state index in [-0.39, 0.29) is 12.4 Å². The number of carbonyl (C=O) groups excluding carboxylic acids is 1. The van der Waals surface area contributed by atoms with Gasteiger partial charge in [0.05, 0.1) is 13.7 Å². The predicted octanol–water partition coefficient (Wildman–Crippen LogP) is 1.91. The number of carboxylic acid groups (broad SMARTS) is 1. The Balaban J connectivity index is 0.000000366. The largest absolute Gasteiger partial charge is 0.505 e. The molecule has 0 saturated heterocycles. The van der Waals surface area contributed by atoms with Gasteiger partial charge in [-0.2, -0.15) is 0 Å².